The normalized spacial score (nSPS) is 43.9. The number of carbonyl (C=O) groups is 2. The second kappa shape index (κ2) is 9.21. The van der Waals surface area contributed by atoms with Crippen molar-refractivity contribution in [3.8, 4) is 6.07 Å². The molecule has 0 aromatic rings. The maximum Gasteiger partial charge on any atom is 0.176 e. The van der Waals surface area contributed by atoms with Crippen LogP contribution in [0.4, 0.5) is 0 Å². The van der Waals surface area contributed by atoms with Gasteiger partial charge in [0, 0.05) is 28.5 Å². The number of fused-ring (bicyclic) bond motifs is 7. The molecular formula is C34H48N2O2. The molecule has 4 nitrogen and oxygen atoms in total. The highest BCUT2D eigenvalue weighted by Gasteiger charge is 2.64. The predicted molar refractivity (Wildman–Crippen MR) is 152 cm³/mol. The van der Waals surface area contributed by atoms with E-state index in [1.165, 1.54) is 17.7 Å². The van der Waals surface area contributed by atoms with E-state index in [1.54, 1.807) is 0 Å². The zero-order chi connectivity index (χ0) is 27.7. The summed E-state index contributed by atoms with van der Waals surface area (Å²) in [5.74, 6) is 0.913. The van der Waals surface area contributed by atoms with Gasteiger partial charge in [0.1, 0.15) is 6.07 Å². The summed E-state index contributed by atoms with van der Waals surface area (Å²) in [6, 6.07) is 2.19. The standard InChI is InChI=1S/C34H48N2O2/c1-8-10-23(9-2)36-34-14-12-25-29(26(34)19-31(4,5)15-16-34)27(37)17-28-32(25,6)13-11-24-21(3)30(38)22(20-35)18-33(24,28)7/h10,17-18,21,24-26,29,36H,8-9,11-16,19H2,1-7H3/b23-10-. The Labute approximate surface area is 230 Å². The van der Waals surface area contributed by atoms with E-state index >= 15 is 0 Å². The van der Waals surface area contributed by atoms with E-state index in [1.807, 2.05) is 19.1 Å². The average Bonchev–Trinajstić information content (AvgIpc) is 2.87. The molecule has 38 heavy (non-hydrogen) atoms. The summed E-state index contributed by atoms with van der Waals surface area (Å²) >= 11 is 0. The predicted octanol–water partition coefficient (Wildman–Crippen LogP) is 7.47. The largest absolute Gasteiger partial charge is 0.383 e. The first-order valence-corrected chi connectivity index (χ1v) is 15.3. The van der Waals surface area contributed by atoms with E-state index in [9.17, 15) is 14.9 Å². The lowest BCUT2D eigenvalue weighted by Gasteiger charge is -2.64. The summed E-state index contributed by atoms with van der Waals surface area (Å²) in [6.07, 6.45) is 15.9. The van der Waals surface area contributed by atoms with Crippen molar-refractivity contribution in [2.24, 2.45) is 45.8 Å². The van der Waals surface area contributed by atoms with E-state index in [4.69, 9.17) is 0 Å². The van der Waals surface area contributed by atoms with Crippen molar-refractivity contribution in [3.63, 3.8) is 0 Å². The summed E-state index contributed by atoms with van der Waals surface area (Å²) in [4.78, 5) is 27.3. The van der Waals surface area contributed by atoms with Gasteiger partial charge in [-0.25, -0.2) is 0 Å². The molecule has 8 atom stereocenters. The molecule has 5 aliphatic carbocycles. The number of rotatable bonds is 4. The molecule has 0 spiro atoms. The van der Waals surface area contributed by atoms with Crippen LogP contribution in [0.5, 0.6) is 0 Å². The number of nitrogens with one attached hydrogen (secondary N) is 1. The number of nitrogens with zero attached hydrogens (tertiary/aromatic N) is 1. The summed E-state index contributed by atoms with van der Waals surface area (Å²) in [7, 11) is 0. The van der Waals surface area contributed by atoms with E-state index in [-0.39, 0.29) is 45.5 Å². The number of carbonyl (C=O) groups excluding carboxylic acids is 2. The topological polar surface area (TPSA) is 70.0 Å². The third-order valence-electron chi connectivity index (χ3n) is 12.0. The van der Waals surface area contributed by atoms with Gasteiger partial charge in [-0.2, -0.15) is 5.26 Å². The van der Waals surface area contributed by atoms with Crippen LogP contribution in [0.25, 0.3) is 0 Å². The zero-order valence-corrected chi connectivity index (χ0v) is 24.7. The fraction of sp³-hybridized carbons (Fsp3) is 0.735. The molecule has 5 rings (SSSR count). The molecule has 3 fully saturated rings. The van der Waals surface area contributed by atoms with Crippen LogP contribution in [0, 0.1) is 57.2 Å². The second-order valence-electron chi connectivity index (χ2n) is 14.5. The molecule has 5 aliphatic rings. The van der Waals surface area contributed by atoms with Crippen LogP contribution in [-0.4, -0.2) is 17.1 Å². The smallest absolute Gasteiger partial charge is 0.176 e. The van der Waals surface area contributed by atoms with Gasteiger partial charge in [-0.15, -0.1) is 0 Å². The lowest BCUT2D eigenvalue weighted by molar-refractivity contribution is -0.139. The lowest BCUT2D eigenvalue weighted by Crippen LogP contribution is -2.65. The van der Waals surface area contributed by atoms with Gasteiger partial charge in [-0.05, 0) is 92.4 Å². The second-order valence-corrected chi connectivity index (χ2v) is 14.5. The Morgan fingerprint density at radius 1 is 1.05 bits per heavy atom. The minimum absolute atomic E-state index is 0.00812. The van der Waals surface area contributed by atoms with Gasteiger partial charge in [0.25, 0.3) is 0 Å². The maximum absolute atomic E-state index is 14.4. The third kappa shape index (κ3) is 3.89. The number of nitriles is 1. The number of Topliss-reactive ketones (excluding diaryl/α,β-unsaturated/α-hetero) is 1. The monoisotopic (exact) mass is 516 g/mol. The molecular weight excluding hydrogens is 468 g/mol. The molecule has 0 heterocycles. The van der Waals surface area contributed by atoms with Crippen LogP contribution < -0.4 is 5.32 Å². The molecule has 0 aromatic carbocycles. The van der Waals surface area contributed by atoms with Gasteiger partial charge in [-0.1, -0.05) is 66.2 Å². The Morgan fingerprint density at radius 2 is 1.76 bits per heavy atom. The molecule has 0 aromatic heterocycles. The molecule has 8 unspecified atom stereocenters. The first kappa shape index (κ1) is 27.4. The summed E-state index contributed by atoms with van der Waals surface area (Å²) in [6.45, 7) is 15.8. The minimum Gasteiger partial charge on any atom is -0.383 e. The first-order chi connectivity index (χ1) is 17.9. The van der Waals surface area contributed by atoms with Crippen molar-refractivity contribution in [2.45, 2.75) is 112 Å². The van der Waals surface area contributed by atoms with Crippen molar-refractivity contribution in [1.29, 1.82) is 5.26 Å². The van der Waals surface area contributed by atoms with Crippen LogP contribution in [0.2, 0.25) is 0 Å². The molecule has 4 heteroatoms. The van der Waals surface area contributed by atoms with Crippen LogP contribution >= 0.6 is 0 Å². The van der Waals surface area contributed by atoms with Crippen LogP contribution in [0.1, 0.15) is 106 Å². The fourth-order valence-electron chi connectivity index (χ4n) is 9.96. The quantitative estimate of drug-likeness (QED) is 0.421. The fourth-order valence-corrected chi connectivity index (χ4v) is 9.96. The molecule has 206 valence electrons. The number of ketones is 2. The maximum atomic E-state index is 14.4. The van der Waals surface area contributed by atoms with Gasteiger partial charge in [0.15, 0.2) is 11.6 Å². The Balaban J connectivity index is 1.61. The molecule has 0 amide bonds. The molecule has 0 aliphatic heterocycles. The zero-order valence-electron chi connectivity index (χ0n) is 24.7. The Bertz CT molecular complexity index is 1170. The first-order valence-electron chi connectivity index (χ1n) is 15.3. The summed E-state index contributed by atoms with van der Waals surface area (Å²) in [5, 5.41) is 13.9. The molecule has 3 saturated carbocycles. The van der Waals surface area contributed by atoms with Crippen molar-refractivity contribution >= 4 is 11.6 Å². The van der Waals surface area contributed by atoms with Gasteiger partial charge in [0.05, 0.1) is 5.57 Å². The van der Waals surface area contributed by atoms with Gasteiger partial charge in [-0.3, -0.25) is 9.59 Å². The SMILES string of the molecule is CC/C=C(/CC)NC12CCC3C(C(=O)C=C4C5(C)C=C(C#N)C(=O)C(C)C5CCC43C)C1CC(C)(C)CC2. The highest BCUT2D eigenvalue weighted by atomic mass is 16.1. The van der Waals surface area contributed by atoms with Crippen LogP contribution in [0.3, 0.4) is 0 Å². The Hall–Kier alpha value is -2.15. The highest BCUT2D eigenvalue weighted by Crippen LogP contribution is 2.68. The van der Waals surface area contributed by atoms with Crippen molar-refractivity contribution < 1.29 is 9.59 Å². The number of hydrogen-bond acceptors (Lipinski definition) is 4. The number of hydrogen-bond donors (Lipinski definition) is 1. The van der Waals surface area contributed by atoms with E-state index < -0.39 is 5.41 Å². The van der Waals surface area contributed by atoms with Gasteiger partial charge in [0.2, 0.25) is 0 Å². The highest BCUT2D eigenvalue weighted by molar-refractivity contribution is 6.02. The summed E-state index contributed by atoms with van der Waals surface area (Å²) in [5.41, 5.74) is 2.56. The lowest BCUT2D eigenvalue weighted by atomic mass is 9.40. The van der Waals surface area contributed by atoms with E-state index in [0.29, 0.717) is 17.6 Å². The average molecular weight is 517 g/mol. The van der Waals surface area contributed by atoms with Crippen molar-refractivity contribution in [2.75, 3.05) is 0 Å². The third-order valence-corrected chi connectivity index (χ3v) is 12.0. The number of allylic oxidation sites excluding steroid dienone is 6. The molecule has 1 N–H and O–H groups in total. The molecule has 0 radical (unpaired) electrons. The minimum atomic E-state index is -0.413. The Morgan fingerprint density at radius 3 is 2.42 bits per heavy atom. The van der Waals surface area contributed by atoms with Gasteiger partial charge >= 0.3 is 0 Å². The van der Waals surface area contributed by atoms with Gasteiger partial charge < -0.3 is 5.32 Å². The Kier molecular flexibility index (Phi) is 6.64. The van der Waals surface area contributed by atoms with E-state index in [0.717, 1.165) is 51.4 Å². The van der Waals surface area contributed by atoms with Crippen molar-refractivity contribution in [3.05, 3.63) is 35.1 Å². The van der Waals surface area contributed by atoms with Crippen LogP contribution in [0.15, 0.2) is 35.1 Å². The van der Waals surface area contributed by atoms with Crippen LogP contribution in [-0.2, 0) is 9.59 Å². The van der Waals surface area contributed by atoms with E-state index in [2.05, 4.69) is 59.0 Å². The molecule has 0 bridgehead atoms. The molecule has 0 saturated heterocycles. The van der Waals surface area contributed by atoms with Crippen molar-refractivity contribution in [1.82, 2.24) is 5.32 Å². The summed E-state index contributed by atoms with van der Waals surface area (Å²) < 4.78 is 0.